The van der Waals surface area contributed by atoms with E-state index in [0.29, 0.717) is 5.69 Å². The Bertz CT molecular complexity index is 485. The van der Waals surface area contributed by atoms with Gasteiger partial charge in [-0.25, -0.2) is 4.98 Å². The lowest BCUT2D eigenvalue weighted by molar-refractivity contribution is 0.101. The number of carbonyl (C=O) groups excluding carboxylic acids is 1. The third-order valence-corrected chi connectivity index (χ3v) is 2.14. The normalized spacial score (nSPS) is 10.3. The number of pyridine rings is 1. The zero-order valence-corrected chi connectivity index (χ0v) is 8.61. The number of hydrogen-bond donors (Lipinski definition) is 1. The predicted molar refractivity (Wildman–Crippen MR) is 56.6 cm³/mol. The molecule has 1 N–H and O–H groups in total. The zero-order chi connectivity index (χ0) is 10.8. The highest BCUT2D eigenvalue weighted by atomic mass is 16.1. The van der Waals surface area contributed by atoms with Crippen LogP contribution in [0.5, 0.6) is 0 Å². The monoisotopic (exact) mass is 201 g/mol. The average Bonchev–Trinajstić information content (AvgIpc) is 2.65. The van der Waals surface area contributed by atoms with Gasteiger partial charge in [0, 0.05) is 18.7 Å². The molecule has 0 bridgehead atoms. The van der Waals surface area contributed by atoms with Gasteiger partial charge >= 0.3 is 0 Å². The Morgan fingerprint density at radius 2 is 2.07 bits per heavy atom. The van der Waals surface area contributed by atoms with Crippen LogP contribution in [0.15, 0.2) is 24.5 Å². The van der Waals surface area contributed by atoms with Gasteiger partial charge in [-0.2, -0.15) is 0 Å². The van der Waals surface area contributed by atoms with Crippen LogP contribution in [0.1, 0.15) is 23.2 Å². The zero-order valence-electron chi connectivity index (χ0n) is 8.61. The van der Waals surface area contributed by atoms with Crippen LogP contribution in [0.2, 0.25) is 0 Å². The highest BCUT2D eigenvalue weighted by Gasteiger charge is 2.03. The van der Waals surface area contributed by atoms with Crippen molar-refractivity contribution in [2.45, 2.75) is 13.8 Å². The number of H-pyrrole nitrogens is 1. The molecule has 0 fully saturated rings. The number of carbonyl (C=O) groups is 1. The second-order valence-electron chi connectivity index (χ2n) is 3.37. The fraction of sp³-hybridized carbons (Fsp3) is 0.182. The quantitative estimate of drug-likeness (QED) is 0.756. The molecule has 0 aliphatic rings. The molecular weight excluding hydrogens is 190 g/mol. The molecule has 0 unspecified atom stereocenters. The molecule has 76 valence electrons. The van der Waals surface area contributed by atoms with E-state index in [2.05, 4.69) is 15.0 Å². The Morgan fingerprint density at radius 1 is 1.27 bits per heavy atom. The van der Waals surface area contributed by atoms with Crippen LogP contribution in [0, 0.1) is 6.92 Å². The number of hydrogen-bond acceptors (Lipinski definition) is 3. The molecule has 2 heterocycles. The van der Waals surface area contributed by atoms with Gasteiger partial charge < -0.3 is 4.98 Å². The summed E-state index contributed by atoms with van der Waals surface area (Å²) >= 11 is 0. The van der Waals surface area contributed by atoms with Crippen molar-refractivity contribution in [3.8, 4) is 11.3 Å². The van der Waals surface area contributed by atoms with Gasteiger partial charge in [0.15, 0.2) is 5.78 Å². The number of aromatic nitrogens is 3. The highest BCUT2D eigenvalue weighted by Crippen LogP contribution is 2.15. The van der Waals surface area contributed by atoms with E-state index in [1.165, 1.54) is 6.92 Å². The Kier molecular flexibility index (Phi) is 2.33. The Balaban J connectivity index is 2.35. The summed E-state index contributed by atoms with van der Waals surface area (Å²) in [6.45, 7) is 3.39. The fourth-order valence-electron chi connectivity index (χ4n) is 1.33. The number of ketones is 1. The second kappa shape index (κ2) is 3.65. The van der Waals surface area contributed by atoms with Crippen molar-refractivity contribution in [3.63, 3.8) is 0 Å². The first-order chi connectivity index (χ1) is 7.16. The van der Waals surface area contributed by atoms with Crippen LogP contribution in [0.25, 0.3) is 11.3 Å². The van der Waals surface area contributed by atoms with Crippen molar-refractivity contribution >= 4 is 5.78 Å². The van der Waals surface area contributed by atoms with Crippen LogP contribution in [-0.4, -0.2) is 20.7 Å². The number of aryl methyl sites for hydroxylation is 1. The van der Waals surface area contributed by atoms with E-state index in [0.717, 1.165) is 17.1 Å². The van der Waals surface area contributed by atoms with Crippen LogP contribution >= 0.6 is 0 Å². The lowest BCUT2D eigenvalue weighted by Gasteiger charge is -1.98. The average molecular weight is 201 g/mol. The number of aromatic amines is 1. The summed E-state index contributed by atoms with van der Waals surface area (Å²) in [7, 11) is 0. The lowest BCUT2D eigenvalue weighted by atomic mass is 10.2. The molecule has 15 heavy (non-hydrogen) atoms. The van der Waals surface area contributed by atoms with E-state index < -0.39 is 0 Å². The Labute approximate surface area is 87.4 Å². The number of rotatable bonds is 2. The molecule has 4 heteroatoms. The smallest absolute Gasteiger partial charge is 0.178 e. The third-order valence-electron chi connectivity index (χ3n) is 2.14. The van der Waals surface area contributed by atoms with Crippen molar-refractivity contribution in [3.05, 3.63) is 36.0 Å². The Hall–Kier alpha value is -1.97. The van der Waals surface area contributed by atoms with Crippen molar-refractivity contribution in [2.75, 3.05) is 0 Å². The van der Waals surface area contributed by atoms with Crippen LogP contribution < -0.4 is 0 Å². The summed E-state index contributed by atoms with van der Waals surface area (Å²) in [5.74, 6) is 0.836. The molecule has 2 rings (SSSR count). The highest BCUT2D eigenvalue weighted by molar-refractivity contribution is 5.92. The largest absolute Gasteiger partial charge is 0.342 e. The minimum absolute atomic E-state index is 0.0256. The van der Waals surface area contributed by atoms with Crippen molar-refractivity contribution in [1.29, 1.82) is 0 Å². The minimum atomic E-state index is -0.0256. The first-order valence-electron chi connectivity index (χ1n) is 4.66. The van der Waals surface area contributed by atoms with E-state index in [1.54, 1.807) is 18.5 Å². The minimum Gasteiger partial charge on any atom is -0.342 e. The van der Waals surface area contributed by atoms with E-state index in [9.17, 15) is 4.79 Å². The van der Waals surface area contributed by atoms with Gasteiger partial charge in [0.1, 0.15) is 11.5 Å². The maximum atomic E-state index is 11.0. The van der Waals surface area contributed by atoms with Gasteiger partial charge in [0.25, 0.3) is 0 Å². The summed E-state index contributed by atoms with van der Waals surface area (Å²) in [4.78, 5) is 22.3. The SMILES string of the molecule is CC(=O)c1ccc(-c2cnc(C)[nH]2)cn1. The molecule has 0 aliphatic carbocycles. The van der Waals surface area contributed by atoms with Gasteiger partial charge in [-0.15, -0.1) is 0 Å². The van der Waals surface area contributed by atoms with Gasteiger partial charge in [0.05, 0.1) is 11.9 Å². The van der Waals surface area contributed by atoms with Gasteiger partial charge in [-0.05, 0) is 19.1 Å². The number of imidazole rings is 1. The summed E-state index contributed by atoms with van der Waals surface area (Å²) < 4.78 is 0. The molecular formula is C11H11N3O. The predicted octanol–water partition coefficient (Wildman–Crippen LogP) is 1.98. The van der Waals surface area contributed by atoms with Gasteiger partial charge in [-0.3, -0.25) is 9.78 Å². The standard InChI is InChI=1S/C11H11N3O/c1-7(15)10-4-3-9(5-13-10)11-6-12-8(2)14-11/h3-6H,1-2H3,(H,12,14). The number of nitrogens with zero attached hydrogens (tertiary/aromatic N) is 2. The Morgan fingerprint density at radius 3 is 2.53 bits per heavy atom. The lowest BCUT2D eigenvalue weighted by Crippen LogP contribution is -1.95. The molecule has 0 amide bonds. The summed E-state index contributed by atoms with van der Waals surface area (Å²) in [6, 6.07) is 3.57. The first-order valence-corrected chi connectivity index (χ1v) is 4.66. The molecule has 4 nitrogen and oxygen atoms in total. The molecule has 0 spiro atoms. The number of Topliss-reactive ketones (excluding diaryl/α,β-unsaturated/α-hetero) is 1. The summed E-state index contributed by atoms with van der Waals surface area (Å²) in [6.07, 6.45) is 3.42. The number of nitrogens with one attached hydrogen (secondary N) is 1. The maximum Gasteiger partial charge on any atom is 0.178 e. The third kappa shape index (κ3) is 1.93. The molecule has 2 aromatic rings. The van der Waals surface area contributed by atoms with Crippen molar-refractivity contribution in [2.24, 2.45) is 0 Å². The second-order valence-corrected chi connectivity index (χ2v) is 3.37. The van der Waals surface area contributed by atoms with E-state index in [4.69, 9.17) is 0 Å². The molecule has 0 atom stereocenters. The molecule has 0 radical (unpaired) electrons. The van der Waals surface area contributed by atoms with Gasteiger partial charge in [0.2, 0.25) is 0 Å². The van der Waals surface area contributed by atoms with Gasteiger partial charge in [-0.1, -0.05) is 0 Å². The van der Waals surface area contributed by atoms with E-state index in [1.807, 2.05) is 13.0 Å². The van der Waals surface area contributed by atoms with Crippen LogP contribution in [0.4, 0.5) is 0 Å². The molecule has 0 aliphatic heterocycles. The summed E-state index contributed by atoms with van der Waals surface area (Å²) in [5, 5.41) is 0. The van der Waals surface area contributed by atoms with E-state index >= 15 is 0 Å². The van der Waals surface area contributed by atoms with Crippen LogP contribution in [-0.2, 0) is 0 Å². The summed E-state index contributed by atoms with van der Waals surface area (Å²) in [5.41, 5.74) is 2.32. The first kappa shape index (κ1) is 9.58. The van der Waals surface area contributed by atoms with Crippen molar-refractivity contribution in [1.82, 2.24) is 15.0 Å². The fourth-order valence-corrected chi connectivity index (χ4v) is 1.33. The molecule has 0 saturated heterocycles. The molecule has 0 aromatic carbocycles. The molecule has 2 aromatic heterocycles. The van der Waals surface area contributed by atoms with E-state index in [-0.39, 0.29) is 5.78 Å². The molecule has 0 saturated carbocycles. The van der Waals surface area contributed by atoms with Crippen molar-refractivity contribution < 1.29 is 4.79 Å². The topological polar surface area (TPSA) is 58.6 Å². The van der Waals surface area contributed by atoms with Crippen LogP contribution in [0.3, 0.4) is 0 Å². The maximum absolute atomic E-state index is 11.0.